The normalized spacial score (nSPS) is 17.8. The van der Waals surface area contributed by atoms with E-state index in [4.69, 9.17) is 5.73 Å². The molecule has 20 heavy (non-hydrogen) atoms. The van der Waals surface area contributed by atoms with Crippen molar-refractivity contribution in [3.05, 3.63) is 5.69 Å². The van der Waals surface area contributed by atoms with Crippen molar-refractivity contribution in [3.8, 4) is 0 Å². The minimum absolute atomic E-state index is 0.0244. The molecule has 0 saturated heterocycles. The predicted molar refractivity (Wildman–Crippen MR) is 79.1 cm³/mol. The highest BCUT2D eigenvalue weighted by Crippen LogP contribution is 2.32. The molecular weight excluding hydrogens is 298 g/mol. The van der Waals surface area contributed by atoms with Gasteiger partial charge in [-0.2, -0.15) is 4.31 Å². The Morgan fingerprint density at radius 2 is 2.05 bits per heavy atom. The van der Waals surface area contributed by atoms with E-state index in [1.165, 1.54) is 4.31 Å². The van der Waals surface area contributed by atoms with Gasteiger partial charge in [0.05, 0.1) is 12.3 Å². The fraction of sp³-hybridized carbons (Fsp3) is 0.750. The fourth-order valence-corrected chi connectivity index (χ4v) is 5.80. The van der Waals surface area contributed by atoms with Crippen LogP contribution >= 0.6 is 11.3 Å². The molecule has 1 aliphatic rings. The minimum atomic E-state index is -3.62. The Kier molecular flexibility index (Phi) is 5.00. The molecule has 0 radical (unpaired) electrons. The Morgan fingerprint density at radius 1 is 1.40 bits per heavy atom. The second-order valence-electron chi connectivity index (χ2n) is 5.06. The molecule has 0 unspecified atom stereocenters. The van der Waals surface area contributed by atoms with Crippen LogP contribution in [-0.4, -0.2) is 42.0 Å². The van der Waals surface area contributed by atoms with Crippen LogP contribution in [0.3, 0.4) is 0 Å². The molecule has 1 fully saturated rings. The van der Waals surface area contributed by atoms with Crippen molar-refractivity contribution in [2.75, 3.05) is 18.9 Å². The van der Waals surface area contributed by atoms with E-state index >= 15 is 0 Å². The van der Waals surface area contributed by atoms with Gasteiger partial charge in [0.25, 0.3) is 10.0 Å². The Hall–Kier alpha value is -0.700. The number of aliphatic hydroxyl groups is 1. The summed E-state index contributed by atoms with van der Waals surface area (Å²) in [4.78, 5) is 3.99. The summed E-state index contributed by atoms with van der Waals surface area (Å²) in [6.45, 7) is 1.60. The maximum Gasteiger partial charge on any atom is 0.254 e. The number of nitrogens with two attached hydrogens (primary N) is 1. The molecule has 0 bridgehead atoms. The molecule has 0 aliphatic heterocycles. The summed E-state index contributed by atoms with van der Waals surface area (Å²) in [6, 6.07) is -0.0244. The van der Waals surface area contributed by atoms with E-state index in [9.17, 15) is 13.5 Å². The van der Waals surface area contributed by atoms with E-state index in [-0.39, 0.29) is 28.5 Å². The number of sulfonamides is 1. The van der Waals surface area contributed by atoms with E-state index in [0.717, 1.165) is 43.4 Å². The first-order valence-corrected chi connectivity index (χ1v) is 9.08. The Morgan fingerprint density at radius 3 is 2.55 bits per heavy atom. The number of hydrogen-bond acceptors (Lipinski definition) is 6. The third kappa shape index (κ3) is 3.13. The molecule has 0 spiro atoms. The van der Waals surface area contributed by atoms with Gasteiger partial charge in [-0.15, -0.1) is 0 Å². The highest BCUT2D eigenvalue weighted by atomic mass is 32.2. The Bertz CT molecular complexity index is 550. The molecule has 0 aromatic carbocycles. The van der Waals surface area contributed by atoms with Gasteiger partial charge in [-0.05, 0) is 19.8 Å². The van der Waals surface area contributed by atoms with Crippen LogP contribution in [0.5, 0.6) is 0 Å². The van der Waals surface area contributed by atoms with Gasteiger partial charge in [-0.3, -0.25) is 0 Å². The number of aromatic nitrogens is 1. The lowest BCUT2D eigenvalue weighted by Crippen LogP contribution is -2.42. The van der Waals surface area contributed by atoms with E-state index in [1.807, 2.05) is 0 Å². The maximum absolute atomic E-state index is 12.8. The lowest BCUT2D eigenvalue weighted by molar-refractivity contribution is 0.199. The second kappa shape index (κ2) is 6.38. The van der Waals surface area contributed by atoms with Crippen LogP contribution in [0.25, 0.3) is 0 Å². The summed E-state index contributed by atoms with van der Waals surface area (Å²) in [5, 5.41) is 9.47. The van der Waals surface area contributed by atoms with E-state index in [0.29, 0.717) is 5.69 Å². The van der Waals surface area contributed by atoms with Crippen molar-refractivity contribution in [2.45, 2.75) is 49.3 Å². The summed E-state index contributed by atoms with van der Waals surface area (Å²) in [5.41, 5.74) is 6.04. The Labute approximate surface area is 123 Å². The predicted octanol–water partition coefficient (Wildman–Crippen LogP) is 1.35. The van der Waals surface area contributed by atoms with Crippen molar-refractivity contribution in [3.63, 3.8) is 0 Å². The lowest BCUT2D eigenvalue weighted by Gasteiger charge is -2.32. The van der Waals surface area contributed by atoms with E-state index < -0.39 is 10.0 Å². The van der Waals surface area contributed by atoms with Crippen molar-refractivity contribution >= 4 is 26.5 Å². The number of anilines is 1. The van der Waals surface area contributed by atoms with Gasteiger partial charge >= 0.3 is 0 Å². The number of hydrogen-bond donors (Lipinski definition) is 2. The van der Waals surface area contributed by atoms with Gasteiger partial charge in [-0.25, -0.2) is 13.4 Å². The van der Waals surface area contributed by atoms with Crippen molar-refractivity contribution < 1.29 is 13.5 Å². The quantitative estimate of drug-likeness (QED) is 0.854. The molecule has 1 saturated carbocycles. The minimum Gasteiger partial charge on any atom is -0.395 e. The van der Waals surface area contributed by atoms with Gasteiger partial charge in [0.1, 0.15) is 0 Å². The number of thiazole rings is 1. The molecule has 1 aliphatic carbocycles. The first-order chi connectivity index (χ1) is 9.46. The molecule has 114 valence electrons. The van der Waals surface area contributed by atoms with Crippen LogP contribution in [0.1, 0.15) is 37.8 Å². The average Bonchev–Trinajstić information content (AvgIpc) is 2.76. The first kappa shape index (κ1) is 15.7. The van der Waals surface area contributed by atoms with Gasteiger partial charge in [0, 0.05) is 12.6 Å². The lowest BCUT2D eigenvalue weighted by atomic mass is 9.95. The van der Waals surface area contributed by atoms with Crippen molar-refractivity contribution in [2.24, 2.45) is 0 Å². The van der Waals surface area contributed by atoms with E-state index in [2.05, 4.69) is 4.98 Å². The molecule has 8 heteroatoms. The standard InChI is InChI=1S/C12H21N3O3S2/c1-9-11(19-12(13)14-9)20(17,18)15(7-8-16)10-5-3-2-4-6-10/h10,16H,2-8H2,1H3,(H2,13,14). The number of nitrogen functional groups attached to an aromatic ring is 1. The van der Waals surface area contributed by atoms with Gasteiger partial charge in [0.2, 0.25) is 0 Å². The molecule has 2 rings (SSSR count). The highest BCUT2D eigenvalue weighted by molar-refractivity contribution is 7.91. The summed E-state index contributed by atoms with van der Waals surface area (Å²) >= 11 is 0.995. The van der Waals surface area contributed by atoms with Crippen molar-refractivity contribution in [1.29, 1.82) is 0 Å². The van der Waals surface area contributed by atoms with Crippen LogP contribution in [0, 0.1) is 6.92 Å². The zero-order chi connectivity index (χ0) is 14.8. The molecule has 1 heterocycles. The maximum atomic E-state index is 12.8. The average molecular weight is 319 g/mol. The molecular formula is C12H21N3O3S2. The van der Waals surface area contributed by atoms with Gasteiger partial charge in [-0.1, -0.05) is 30.6 Å². The summed E-state index contributed by atoms with van der Waals surface area (Å²) in [6.07, 6.45) is 4.92. The summed E-state index contributed by atoms with van der Waals surface area (Å²) in [5.74, 6) is 0. The van der Waals surface area contributed by atoms with Crippen molar-refractivity contribution in [1.82, 2.24) is 9.29 Å². The number of aliphatic hydroxyl groups excluding tert-OH is 1. The molecule has 1 aromatic heterocycles. The summed E-state index contributed by atoms with van der Waals surface area (Å²) < 4.78 is 27.2. The van der Waals surface area contributed by atoms with Crippen LogP contribution in [-0.2, 0) is 10.0 Å². The molecule has 0 amide bonds. The molecule has 3 N–H and O–H groups in total. The zero-order valence-electron chi connectivity index (χ0n) is 11.6. The molecule has 6 nitrogen and oxygen atoms in total. The number of nitrogens with zero attached hydrogens (tertiary/aromatic N) is 2. The van der Waals surface area contributed by atoms with E-state index in [1.54, 1.807) is 6.92 Å². The van der Waals surface area contributed by atoms with Crippen LogP contribution in [0.15, 0.2) is 4.21 Å². The number of aryl methyl sites for hydroxylation is 1. The Balaban J connectivity index is 2.33. The van der Waals surface area contributed by atoms with Crippen LogP contribution in [0.4, 0.5) is 5.13 Å². The van der Waals surface area contributed by atoms with Crippen LogP contribution < -0.4 is 5.73 Å². The topological polar surface area (TPSA) is 96.5 Å². The smallest absolute Gasteiger partial charge is 0.254 e. The summed E-state index contributed by atoms with van der Waals surface area (Å²) in [7, 11) is -3.62. The SMILES string of the molecule is Cc1nc(N)sc1S(=O)(=O)N(CCO)C1CCCCC1. The van der Waals surface area contributed by atoms with Gasteiger partial charge < -0.3 is 10.8 Å². The highest BCUT2D eigenvalue weighted by Gasteiger charge is 2.34. The third-order valence-corrected chi connectivity index (χ3v) is 7.14. The molecule has 0 atom stereocenters. The second-order valence-corrected chi connectivity index (χ2v) is 8.17. The fourth-order valence-electron chi connectivity index (χ4n) is 2.71. The largest absolute Gasteiger partial charge is 0.395 e. The first-order valence-electron chi connectivity index (χ1n) is 6.82. The van der Waals surface area contributed by atoms with Gasteiger partial charge in [0.15, 0.2) is 9.34 Å². The van der Waals surface area contributed by atoms with Crippen LogP contribution in [0.2, 0.25) is 0 Å². The third-order valence-electron chi connectivity index (χ3n) is 3.62. The number of rotatable bonds is 5. The monoisotopic (exact) mass is 319 g/mol. The molecule has 1 aromatic rings. The zero-order valence-corrected chi connectivity index (χ0v) is 13.2.